The number of pyridine rings is 2. The summed E-state index contributed by atoms with van der Waals surface area (Å²) in [6, 6.07) is 7.71. The topological polar surface area (TPSA) is 144 Å². The number of carbonyl (C=O) groups is 1. The lowest BCUT2D eigenvalue weighted by Crippen LogP contribution is -2.45. The summed E-state index contributed by atoms with van der Waals surface area (Å²) < 4.78 is 23.9. The Bertz CT molecular complexity index is 1250. The lowest BCUT2D eigenvalue weighted by Gasteiger charge is -2.34. The van der Waals surface area contributed by atoms with E-state index in [1.807, 2.05) is 0 Å². The first kappa shape index (κ1) is 22.6. The van der Waals surface area contributed by atoms with Crippen LogP contribution in [0.5, 0.6) is 0 Å². The van der Waals surface area contributed by atoms with E-state index in [4.69, 9.17) is 5.73 Å². The van der Waals surface area contributed by atoms with Gasteiger partial charge in [0.05, 0.1) is 16.3 Å². The molecule has 3 aromatic rings. The predicted octanol–water partition coefficient (Wildman–Crippen LogP) is 3.29. The summed E-state index contributed by atoms with van der Waals surface area (Å²) in [6.07, 6.45) is 10.2. The second-order valence-corrected chi connectivity index (χ2v) is 10.0. The first-order valence-electron chi connectivity index (χ1n) is 10.6. The van der Waals surface area contributed by atoms with E-state index in [1.54, 1.807) is 29.2 Å². The van der Waals surface area contributed by atoms with Crippen molar-refractivity contribution in [3.8, 4) is 11.3 Å². The van der Waals surface area contributed by atoms with Gasteiger partial charge in [-0.2, -0.15) is 5.10 Å². The second kappa shape index (κ2) is 9.49. The van der Waals surface area contributed by atoms with Crippen molar-refractivity contribution in [1.82, 2.24) is 20.2 Å². The minimum absolute atomic E-state index is 0.0825. The van der Waals surface area contributed by atoms with Crippen LogP contribution in [0, 0.1) is 0 Å². The molecule has 1 aliphatic carbocycles. The molecular formula is C22H25N7O3S. The van der Waals surface area contributed by atoms with E-state index in [1.165, 1.54) is 24.7 Å². The Kier molecular flexibility index (Phi) is 6.50. The number of anilines is 3. The van der Waals surface area contributed by atoms with Gasteiger partial charge in [0.25, 0.3) is 0 Å². The zero-order valence-corrected chi connectivity index (χ0v) is 19.0. The molecule has 4 rings (SSSR count). The molecule has 172 valence electrons. The number of hydrogen-bond acceptors (Lipinski definition) is 8. The number of nitrogens with two attached hydrogens (primary N) is 1. The SMILES string of the molecule is CS(=O)(=O)c1cncc(-c2ccc(N)c(N(C(=O)Nc3cccnn3)C3CCCCC3)n2)c1. The van der Waals surface area contributed by atoms with Gasteiger partial charge in [-0.3, -0.25) is 15.2 Å². The maximum Gasteiger partial charge on any atom is 0.329 e. The maximum atomic E-state index is 13.4. The molecule has 33 heavy (non-hydrogen) atoms. The molecule has 0 spiro atoms. The highest BCUT2D eigenvalue weighted by molar-refractivity contribution is 7.90. The highest BCUT2D eigenvalue weighted by atomic mass is 32.2. The number of nitrogen functional groups attached to an aromatic ring is 1. The Hall–Kier alpha value is -3.60. The van der Waals surface area contributed by atoms with Crippen molar-refractivity contribution >= 4 is 33.2 Å². The number of nitrogens with zero attached hydrogens (tertiary/aromatic N) is 5. The number of rotatable bonds is 5. The molecule has 2 amide bonds. The molecule has 0 atom stereocenters. The van der Waals surface area contributed by atoms with Crippen molar-refractivity contribution in [3.63, 3.8) is 0 Å². The van der Waals surface area contributed by atoms with Gasteiger partial charge in [0.15, 0.2) is 21.5 Å². The van der Waals surface area contributed by atoms with E-state index in [-0.39, 0.29) is 10.9 Å². The molecule has 3 aromatic heterocycles. The van der Waals surface area contributed by atoms with Gasteiger partial charge < -0.3 is 5.73 Å². The third kappa shape index (κ3) is 5.25. The lowest BCUT2D eigenvalue weighted by molar-refractivity contribution is 0.252. The summed E-state index contributed by atoms with van der Waals surface area (Å²) in [5.74, 6) is 0.633. The van der Waals surface area contributed by atoms with Gasteiger partial charge in [-0.1, -0.05) is 19.3 Å². The molecule has 1 fully saturated rings. The number of aromatic nitrogens is 4. The Morgan fingerprint density at radius 2 is 1.94 bits per heavy atom. The molecule has 0 unspecified atom stereocenters. The summed E-state index contributed by atoms with van der Waals surface area (Å²) in [5, 5.41) is 10.5. The minimum atomic E-state index is -3.44. The molecule has 11 heteroatoms. The molecule has 1 saturated carbocycles. The Morgan fingerprint density at radius 3 is 2.64 bits per heavy atom. The average molecular weight is 468 g/mol. The Morgan fingerprint density at radius 1 is 1.15 bits per heavy atom. The van der Waals surface area contributed by atoms with E-state index in [0.29, 0.717) is 28.6 Å². The van der Waals surface area contributed by atoms with Crippen LogP contribution < -0.4 is 16.0 Å². The van der Waals surface area contributed by atoms with Gasteiger partial charge in [-0.15, -0.1) is 5.10 Å². The summed E-state index contributed by atoms with van der Waals surface area (Å²) in [4.78, 5) is 23.7. The van der Waals surface area contributed by atoms with Gasteiger partial charge in [-0.25, -0.2) is 18.2 Å². The zero-order chi connectivity index (χ0) is 23.4. The molecule has 3 N–H and O–H groups in total. The number of amides is 2. The molecule has 0 saturated heterocycles. The lowest BCUT2D eigenvalue weighted by atomic mass is 9.94. The van der Waals surface area contributed by atoms with Crippen LogP contribution in [-0.4, -0.2) is 46.9 Å². The maximum absolute atomic E-state index is 13.4. The van der Waals surface area contributed by atoms with E-state index in [0.717, 1.165) is 38.4 Å². The van der Waals surface area contributed by atoms with Gasteiger partial charge >= 0.3 is 6.03 Å². The molecule has 0 aromatic carbocycles. The van der Waals surface area contributed by atoms with Gasteiger partial charge in [0.2, 0.25) is 0 Å². The quantitative estimate of drug-likeness (QED) is 0.581. The molecule has 0 bridgehead atoms. The molecule has 0 aliphatic heterocycles. The Balaban J connectivity index is 1.74. The monoisotopic (exact) mass is 467 g/mol. The third-order valence-corrected chi connectivity index (χ3v) is 6.62. The summed E-state index contributed by atoms with van der Waals surface area (Å²) in [7, 11) is -3.44. The van der Waals surface area contributed by atoms with Crippen molar-refractivity contribution in [1.29, 1.82) is 0 Å². The summed E-state index contributed by atoms with van der Waals surface area (Å²) in [6.45, 7) is 0. The number of nitrogens with one attached hydrogen (secondary N) is 1. The first-order valence-corrected chi connectivity index (χ1v) is 12.5. The van der Waals surface area contributed by atoms with Gasteiger partial charge in [0.1, 0.15) is 0 Å². The number of sulfone groups is 1. The highest BCUT2D eigenvalue weighted by Gasteiger charge is 2.30. The van der Waals surface area contributed by atoms with Crippen LogP contribution in [0.4, 0.5) is 22.1 Å². The third-order valence-electron chi connectivity index (χ3n) is 5.54. The Labute approximate surface area is 192 Å². The van der Waals surface area contributed by atoms with E-state index >= 15 is 0 Å². The number of carbonyl (C=O) groups excluding carboxylic acids is 1. The second-order valence-electron chi connectivity index (χ2n) is 7.99. The summed E-state index contributed by atoms with van der Waals surface area (Å²) in [5.41, 5.74) is 7.59. The van der Waals surface area contributed by atoms with Crippen LogP contribution in [0.1, 0.15) is 32.1 Å². The van der Waals surface area contributed by atoms with Crippen LogP contribution in [0.15, 0.2) is 53.8 Å². The van der Waals surface area contributed by atoms with Crippen LogP contribution in [0.25, 0.3) is 11.3 Å². The largest absolute Gasteiger partial charge is 0.396 e. The minimum Gasteiger partial charge on any atom is -0.396 e. The molecule has 10 nitrogen and oxygen atoms in total. The van der Waals surface area contributed by atoms with Crippen molar-refractivity contribution < 1.29 is 13.2 Å². The van der Waals surface area contributed by atoms with E-state index < -0.39 is 15.9 Å². The van der Waals surface area contributed by atoms with Crippen LogP contribution >= 0.6 is 0 Å². The van der Waals surface area contributed by atoms with Crippen molar-refractivity contribution in [2.24, 2.45) is 0 Å². The van der Waals surface area contributed by atoms with E-state index in [9.17, 15) is 13.2 Å². The fourth-order valence-electron chi connectivity index (χ4n) is 3.89. The molecule has 3 heterocycles. The van der Waals surface area contributed by atoms with Crippen LogP contribution in [0.3, 0.4) is 0 Å². The fraction of sp³-hybridized carbons (Fsp3) is 0.318. The van der Waals surface area contributed by atoms with Crippen molar-refractivity contribution in [2.75, 3.05) is 22.2 Å². The number of hydrogen-bond donors (Lipinski definition) is 2. The van der Waals surface area contributed by atoms with Crippen LogP contribution in [0.2, 0.25) is 0 Å². The van der Waals surface area contributed by atoms with Gasteiger partial charge in [-0.05, 0) is 43.2 Å². The van der Waals surface area contributed by atoms with E-state index in [2.05, 4.69) is 25.5 Å². The smallest absolute Gasteiger partial charge is 0.329 e. The molecular weight excluding hydrogens is 442 g/mol. The van der Waals surface area contributed by atoms with Crippen molar-refractivity contribution in [2.45, 2.75) is 43.0 Å². The molecule has 0 radical (unpaired) electrons. The van der Waals surface area contributed by atoms with Crippen LogP contribution in [-0.2, 0) is 9.84 Å². The average Bonchev–Trinajstić information content (AvgIpc) is 2.81. The van der Waals surface area contributed by atoms with Gasteiger partial charge in [0, 0.05) is 36.5 Å². The summed E-state index contributed by atoms with van der Waals surface area (Å²) >= 11 is 0. The fourth-order valence-corrected chi connectivity index (χ4v) is 4.48. The van der Waals surface area contributed by atoms with Crippen molar-refractivity contribution in [3.05, 3.63) is 48.9 Å². The number of urea groups is 1. The normalized spacial score (nSPS) is 14.6. The predicted molar refractivity (Wildman–Crippen MR) is 125 cm³/mol. The molecule has 1 aliphatic rings. The standard InChI is InChI=1S/C22H25N7O3S/c1-33(31,32)17-12-15(13-24-14-17)19-10-9-18(23)21(26-19)29(16-6-3-2-4-7-16)22(30)27-20-8-5-11-25-28-20/h5,8-14,16H,2-4,6-7,23H2,1H3,(H,27,28,30). The first-order chi connectivity index (χ1) is 15.8. The highest BCUT2D eigenvalue weighted by Crippen LogP contribution is 2.32. The zero-order valence-electron chi connectivity index (χ0n) is 18.2.